The zero-order valence-electron chi connectivity index (χ0n) is 10.9. The number of unbranched alkanes of at least 4 members (excludes halogenated alkanes) is 6. The van der Waals surface area contributed by atoms with Crippen LogP contribution in [0.4, 0.5) is 0 Å². The average Bonchev–Trinajstić information content (AvgIpc) is 2.21. The second kappa shape index (κ2) is 10.9. The van der Waals surface area contributed by atoms with Gasteiger partial charge in [0.05, 0.1) is 0 Å². The Bertz CT molecular complexity index is 171. The first-order chi connectivity index (χ1) is 7.66. The molecule has 0 saturated heterocycles. The van der Waals surface area contributed by atoms with E-state index < -0.39 is 0 Å². The molecule has 0 aliphatic heterocycles. The average molecular weight is 228 g/mol. The minimum atomic E-state index is -0.223. The standard InChI is InChI=1S/C13H28N2O/c1-3-4-5-6-7-8-9-10-15-12(2)11-13(14)16/h12,15H,3-11H2,1-2H3,(H2,14,16). The maximum atomic E-state index is 10.6. The van der Waals surface area contributed by atoms with Gasteiger partial charge in [0.2, 0.25) is 5.91 Å². The van der Waals surface area contributed by atoms with Crippen LogP contribution in [-0.4, -0.2) is 18.5 Å². The van der Waals surface area contributed by atoms with Crippen molar-refractivity contribution in [1.29, 1.82) is 0 Å². The predicted molar refractivity (Wildman–Crippen MR) is 69.3 cm³/mol. The Hall–Kier alpha value is -0.570. The third-order valence-corrected chi connectivity index (χ3v) is 2.78. The van der Waals surface area contributed by atoms with Gasteiger partial charge in [0.25, 0.3) is 0 Å². The highest BCUT2D eigenvalue weighted by Gasteiger charge is 2.03. The summed E-state index contributed by atoms with van der Waals surface area (Å²) in [6, 6.07) is 0.220. The van der Waals surface area contributed by atoms with E-state index in [1.54, 1.807) is 0 Å². The van der Waals surface area contributed by atoms with Crippen molar-refractivity contribution < 1.29 is 4.79 Å². The van der Waals surface area contributed by atoms with E-state index in [9.17, 15) is 4.79 Å². The van der Waals surface area contributed by atoms with E-state index in [1.165, 1.54) is 44.9 Å². The quantitative estimate of drug-likeness (QED) is 0.534. The van der Waals surface area contributed by atoms with Crippen LogP contribution >= 0.6 is 0 Å². The van der Waals surface area contributed by atoms with Gasteiger partial charge in [0, 0.05) is 12.5 Å². The summed E-state index contributed by atoms with van der Waals surface area (Å²) in [6.07, 6.45) is 9.70. The summed E-state index contributed by atoms with van der Waals surface area (Å²) in [6.45, 7) is 5.25. The maximum absolute atomic E-state index is 10.6. The number of rotatable bonds is 11. The Kier molecular flexibility index (Phi) is 10.5. The highest BCUT2D eigenvalue weighted by atomic mass is 16.1. The second-order valence-corrected chi connectivity index (χ2v) is 4.65. The molecule has 0 rings (SSSR count). The van der Waals surface area contributed by atoms with Crippen molar-refractivity contribution >= 4 is 5.91 Å². The smallest absolute Gasteiger partial charge is 0.218 e. The number of carbonyl (C=O) groups is 1. The van der Waals surface area contributed by atoms with Crippen LogP contribution in [0.5, 0.6) is 0 Å². The van der Waals surface area contributed by atoms with Crippen LogP contribution in [0.3, 0.4) is 0 Å². The number of nitrogens with one attached hydrogen (secondary N) is 1. The summed E-state index contributed by atoms with van der Waals surface area (Å²) < 4.78 is 0. The molecule has 3 nitrogen and oxygen atoms in total. The summed E-state index contributed by atoms with van der Waals surface area (Å²) in [5.41, 5.74) is 5.11. The predicted octanol–water partition coefficient (Wildman–Crippen LogP) is 2.59. The molecule has 0 fully saturated rings. The summed E-state index contributed by atoms with van der Waals surface area (Å²) in [7, 11) is 0. The van der Waals surface area contributed by atoms with Crippen LogP contribution in [0.2, 0.25) is 0 Å². The molecule has 1 unspecified atom stereocenters. The van der Waals surface area contributed by atoms with Crippen molar-refractivity contribution in [2.75, 3.05) is 6.54 Å². The lowest BCUT2D eigenvalue weighted by atomic mass is 10.1. The Morgan fingerprint density at radius 1 is 1.12 bits per heavy atom. The second-order valence-electron chi connectivity index (χ2n) is 4.65. The first-order valence-electron chi connectivity index (χ1n) is 6.68. The molecule has 0 aliphatic rings. The number of nitrogens with two attached hydrogens (primary N) is 1. The van der Waals surface area contributed by atoms with E-state index in [2.05, 4.69) is 12.2 Å². The van der Waals surface area contributed by atoms with E-state index in [-0.39, 0.29) is 11.9 Å². The van der Waals surface area contributed by atoms with E-state index in [0.29, 0.717) is 6.42 Å². The molecule has 0 heterocycles. The number of amides is 1. The molecule has 0 saturated carbocycles. The van der Waals surface area contributed by atoms with Crippen molar-refractivity contribution in [3.8, 4) is 0 Å². The Morgan fingerprint density at radius 2 is 1.69 bits per heavy atom. The number of carbonyl (C=O) groups excluding carboxylic acids is 1. The molecule has 3 heteroatoms. The molecule has 96 valence electrons. The Balaban J connectivity index is 3.11. The fourth-order valence-electron chi connectivity index (χ4n) is 1.80. The highest BCUT2D eigenvalue weighted by molar-refractivity contribution is 5.74. The van der Waals surface area contributed by atoms with Crippen molar-refractivity contribution in [3.05, 3.63) is 0 Å². The van der Waals surface area contributed by atoms with E-state index >= 15 is 0 Å². The molecule has 0 aromatic rings. The number of hydrogen-bond acceptors (Lipinski definition) is 2. The lowest BCUT2D eigenvalue weighted by molar-refractivity contribution is -0.118. The van der Waals surface area contributed by atoms with Gasteiger partial charge < -0.3 is 11.1 Å². The minimum Gasteiger partial charge on any atom is -0.370 e. The normalized spacial score (nSPS) is 12.6. The van der Waals surface area contributed by atoms with Crippen LogP contribution in [-0.2, 0) is 4.79 Å². The van der Waals surface area contributed by atoms with E-state index in [1.807, 2.05) is 6.92 Å². The molecular formula is C13H28N2O. The van der Waals surface area contributed by atoms with Gasteiger partial charge in [-0.25, -0.2) is 0 Å². The molecule has 0 aromatic carbocycles. The van der Waals surface area contributed by atoms with E-state index in [0.717, 1.165) is 6.54 Å². The molecule has 0 aliphatic carbocycles. The first-order valence-corrected chi connectivity index (χ1v) is 6.68. The lowest BCUT2D eigenvalue weighted by Gasteiger charge is -2.11. The Morgan fingerprint density at radius 3 is 2.25 bits per heavy atom. The molecule has 1 amide bonds. The van der Waals surface area contributed by atoms with E-state index in [4.69, 9.17) is 5.73 Å². The van der Waals surface area contributed by atoms with Crippen LogP contribution < -0.4 is 11.1 Å². The van der Waals surface area contributed by atoms with Crippen LogP contribution in [0.25, 0.3) is 0 Å². The molecule has 0 bridgehead atoms. The highest BCUT2D eigenvalue weighted by Crippen LogP contribution is 2.06. The third-order valence-electron chi connectivity index (χ3n) is 2.78. The van der Waals surface area contributed by atoms with Gasteiger partial charge in [-0.05, 0) is 19.9 Å². The molecule has 0 radical (unpaired) electrons. The lowest BCUT2D eigenvalue weighted by Crippen LogP contribution is -2.31. The molecule has 1 atom stereocenters. The zero-order chi connectivity index (χ0) is 12.2. The van der Waals surface area contributed by atoms with Crippen molar-refractivity contribution in [1.82, 2.24) is 5.32 Å². The van der Waals surface area contributed by atoms with Gasteiger partial charge in [-0.2, -0.15) is 0 Å². The molecular weight excluding hydrogens is 200 g/mol. The fraction of sp³-hybridized carbons (Fsp3) is 0.923. The third kappa shape index (κ3) is 11.5. The van der Waals surface area contributed by atoms with Gasteiger partial charge in [-0.1, -0.05) is 45.4 Å². The minimum absolute atomic E-state index is 0.220. The summed E-state index contributed by atoms with van der Waals surface area (Å²) in [5, 5.41) is 3.32. The molecule has 0 aromatic heterocycles. The number of primary amides is 1. The van der Waals surface area contributed by atoms with Gasteiger partial charge >= 0.3 is 0 Å². The van der Waals surface area contributed by atoms with Gasteiger partial charge in [-0.15, -0.1) is 0 Å². The van der Waals surface area contributed by atoms with Crippen molar-refractivity contribution in [3.63, 3.8) is 0 Å². The zero-order valence-corrected chi connectivity index (χ0v) is 10.9. The summed E-state index contributed by atoms with van der Waals surface area (Å²) in [4.78, 5) is 10.6. The van der Waals surface area contributed by atoms with Crippen molar-refractivity contribution in [2.45, 2.75) is 71.3 Å². The van der Waals surface area contributed by atoms with Crippen LogP contribution in [0, 0.1) is 0 Å². The van der Waals surface area contributed by atoms with Gasteiger partial charge in [-0.3, -0.25) is 4.79 Å². The first kappa shape index (κ1) is 15.4. The Labute approximate surface area is 100 Å². The van der Waals surface area contributed by atoms with Gasteiger partial charge in [0.15, 0.2) is 0 Å². The monoisotopic (exact) mass is 228 g/mol. The SMILES string of the molecule is CCCCCCCCCNC(C)CC(N)=O. The van der Waals surface area contributed by atoms with Gasteiger partial charge in [0.1, 0.15) is 0 Å². The van der Waals surface area contributed by atoms with Crippen LogP contribution in [0.1, 0.15) is 65.2 Å². The van der Waals surface area contributed by atoms with Crippen LogP contribution in [0.15, 0.2) is 0 Å². The van der Waals surface area contributed by atoms with Crippen molar-refractivity contribution in [2.24, 2.45) is 5.73 Å². The largest absolute Gasteiger partial charge is 0.370 e. The summed E-state index contributed by atoms with van der Waals surface area (Å²) in [5.74, 6) is -0.223. The summed E-state index contributed by atoms with van der Waals surface area (Å²) >= 11 is 0. The topological polar surface area (TPSA) is 55.1 Å². The fourth-order valence-corrected chi connectivity index (χ4v) is 1.80. The molecule has 0 spiro atoms. The number of hydrogen-bond donors (Lipinski definition) is 2. The molecule has 16 heavy (non-hydrogen) atoms. The maximum Gasteiger partial charge on any atom is 0.218 e. The molecule has 3 N–H and O–H groups in total.